The van der Waals surface area contributed by atoms with Crippen LogP contribution in [0.15, 0.2) is 30.3 Å². The van der Waals surface area contributed by atoms with Crippen LogP contribution in [0.3, 0.4) is 0 Å². The van der Waals surface area contributed by atoms with Gasteiger partial charge in [-0.3, -0.25) is 0 Å². The monoisotopic (exact) mass is 348 g/mol. The van der Waals surface area contributed by atoms with Gasteiger partial charge in [0.1, 0.15) is 5.82 Å². The largest absolute Gasteiger partial charge is 0.503 e. The van der Waals surface area contributed by atoms with Crippen molar-refractivity contribution in [2.75, 3.05) is 0 Å². The molecule has 3 rings (SSSR count). The molecule has 1 fully saturated rings. The van der Waals surface area contributed by atoms with E-state index in [0.717, 1.165) is 36.5 Å². The maximum Gasteiger partial charge on any atom is 0.187 e. The Labute approximate surface area is 146 Å². The van der Waals surface area contributed by atoms with Crippen molar-refractivity contribution >= 4 is 0 Å². The molecule has 0 bridgehead atoms. The molecule has 0 atom stereocenters. The highest BCUT2D eigenvalue weighted by Crippen LogP contribution is 2.39. The van der Waals surface area contributed by atoms with E-state index in [9.17, 15) is 18.3 Å². The lowest BCUT2D eigenvalue weighted by Gasteiger charge is -2.28. The topological polar surface area (TPSA) is 20.2 Å². The average Bonchev–Trinajstić information content (AvgIpc) is 2.60. The van der Waals surface area contributed by atoms with Crippen molar-refractivity contribution < 1.29 is 18.3 Å². The van der Waals surface area contributed by atoms with Crippen LogP contribution < -0.4 is 0 Å². The van der Waals surface area contributed by atoms with E-state index in [1.54, 1.807) is 6.07 Å². The smallest absolute Gasteiger partial charge is 0.187 e. The van der Waals surface area contributed by atoms with Gasteiger partial charge in [0.2, 0.25) is 0 Å². The normalized spacial score (nSPS) is 20.6. The number of aromatic hydroxyl groups is 1. The van der Waals surface area contributed by atoms with Crippen LogP contribution in [0.2, 0.25) is 0 Å². The molecule has 134 valence electrons. The first-order valence-corrected chi connectivity index (χ1v) is 8.97. The van der Waals surface area contributed by atoms with Gasteiger partial charge < -0.3 is 5.11 Å². The first-order valence-electron chi connectivity index (χ1n) is 8.97. The maximum absolute atomic E-state index is 14.5. The Kier molecular flexibility index (Phi) is 5.36. The predicted molar refractivity (Wildman–Crippen MR) is 93.0 cm³/mol. The Hall–Kier alpha value is -1.97. The summed E-state index contributed by atoms with van der Waals surface area (Å²) in [5.41, 5.74) is 1.18. The fourth-order valence-corrected chi connectivity index (χ4v) is 3.93. The second-order valence-electron chi connectivity index (χ2n) is 7.03. The standard InChI is InChI=1S/C21H23F3O/c1-2-3-13-4-6-14(7-5-13)15-8-9-17(18(22)10-15)16-11-19(23)21(25)20(24)12-16/h8-14,25H,2-7H2,1H3/t13-,14-. The van der Waals surface area contributed by atoms with E-state index in [4.69, 9.17) is 0 Å². The Balaban J connectivity index is 1.80. The highest BCUT2D eigenvalue weighted by molar-refractivity contribution is 5.65. The molecule has 25 heavy (non-hydrogen) atoms. The van der Waals surface area contributed by atoms with E-state index in [-0.39, 0.29) is 11.1 Å². The first kappa shape index (κ1) is 17.8. The Bertz CT molecular complexity index is 726. The number of halogens is 3. The van der Waals surface area contributed by atoms with Crippen molar-refractivity contribution in [3.05, 3.63) is 53.3 Å². The summed E-state index contributed by atoms with van der Waals surface area (Å²) in [5.74, 6) is -2.57. The zero-order valence-corrected chi connectivity index (χ0v) is 14.4. The van der Waals surface area contributed by atoms with Crippen LogP contribution >= 0.6 is 0 Å². The number of hydrogen-bond acceptors (Lipinski definition) is 1. The van der Waals surface area contributed by atoms with Crippen LogP contribution in [0, 0.1) is 23.4 Å². The first-order chi connectivity index (χ1) is 12.0. The molecule has 0 unspecified atom stereocenters. The molecule has 1 saturated carbocycles. The van der Waals surface area contributed by atoms with E-state index < -0.39 is 23.2 Å². The molecule has 0 aromatic heterocycles. The number of rotatable bonds is 4. The van der Waals surface area contributed by atoms with Crippen molar-refractivity contribution in [1.82, 2.24) is 0 Å². The molecule has 1 N–H and O–H groups in total. The molecule has 1 nitrogen and oxygen atoms in total. The summed E-state index contributed by atoms with van der Waals surface area (Å²) < 4.78 is 41.6. The lowest BCUT2D eigenvalue weighted by atomic mass is 9.77. The Morgan fingerprint density at radius 3 is 2.12 bits per heavy atom. The van der Waals surface area contributed by atoms with Crippen LogP contribution in [0.25, 0.3) is 11.1 Å². The van der Waals surface area contributed by atoms with E-state index in [1.165, 1.54) is 31.7 Å². The van der Waals surface area contributed by atoms with Gasteiger partial charge in [-0.15, -0.1) is 0 Å². The Morgan fingerprint density at radius 1 is 0.920 bits per heavy atom. The summed E-state index contributed by atoms with van der Waals surface area (Å²) >= 11 is 0. The lowest BCUT2D eigenvalue weighted by Crippen LogP contribution is -2.13. The van der Waals surface area contributed by atoms with Crippen LogP contribution in [0.5, 0.6) is 5.75 Å². The molecule has 0 amide bonds. The highest BCUT2D eigenvalue weighted by Gasteiger charge is 2.23. The van der Waals surface area contributed by atoms with Crippen molar-refractivity contribution in [3.63, 3.8) is 0 Å². The van der Waals surface area contributed by atoms with Crippen LogP contribution in [-0.2, 0) is 0 Å². The van der Waals surface area contributed by atoms with Gasteiger partial charge in [-0.1, -0.05) is 31.9 Å². The zero-order chi connectivity index (χ0) is 18.0. The summed E-state index contributed by atoms with van der Waals surface area (Å²) in [6.07, 6.45) is 6.95. The molecule has 0 radical (unpaired) electrons. The average molecular weight is 348 g/mol. The molecular formula is C21H23F3O. The van der Waals surface area contributed by atoms with Gasteiger partial charge in [0.05, 0.1) is 0 Å². The van der Waals surface area contributed by atoms with Crippen LogP contribution in [-0.4, -0.2) is 5.11 Å². The van der Waals surface area contributed by atoms with E-state index in [1.807, 2.05) is 6.07 Å². The molecule has 4 heteroatoms. The third-order valence-electron chi connectivity index (χ3n) is 5.34. The fraction of sp³-hybridized carbons (Fsp3) is 0.429. The van der Waals surface area contributed by atoms with Crippen molar-refractivity contribution in [2.24, 2.45) is 5.92 Å². The molecule has 2 aromatic rings. The molecule has 2 aromatic carbocycles. The number of phenolic OH excluding ortho intramolecular Hbond substituents is 1. The van der Waals surface area contributed by atoms with Gasteiger partial charge in [-0.25, -0.2) is 13.2 Å². The van der Waals surface area contributed by atoms with Gasteiger partial charge in [-0.2, -0.15) is 0 Å². The van der Waals surface area contributed by atoms with Gasteiger partial charge in [0.15, 0.2) is 17.4 Å². The summed E-state index contributed by atoms with van der Waals surface area (Å²) in [7, 11) is 0. The summed E-state index contributed by atoms with van der Waals surface area (Å²) in [5, 5.41) is 9.18. The Morgan fingerprint density at radius 2 is 1.56 bits per heavy atom. The van der Waals surface area contributed by atoms with Gasteiger partial charge in [0.25, 0.3) is 0 Å². The van der Waals surface area contributed by atoms with E-state index in [0.29, 0.717) is 5.92 Å². The van der Waals surface area contributed by atoms with Gasteiger partial charge in [-0.05, 0) is 66.8 Å². The molecule has 0 spiro atoms. The molecule has 0 aliphatic heterocycles. The second-order valence-corrected chi connectivity index (χ2v) is 7.03. The molecule has 1 aliphatic rings. The minimum absolute atomic E-state index is 0.0866. The van der Waals surface area contributed by atoms with E-state index >= 15 is 0 Å². The summed E-state index contributed by atoms with van der Waals surface area (Å²) in [4.78, 5) is 0. The summed E-state index contributed by atoms with van der Waals surface area (Å²) in [6, 6.07) is 6.82. The minimum atomic E-state index is -1.09. The number of benzene rings is 2. The zero-order valence-electron chi connectivity index (χ0n) is 14.4. The third-order valence-corrected chi connectivity index (χ3v) is 5.34. The second kappa shape index (κ2) is 7.51. The van der Waals surface area contributed by atoms with Crippen molar-refractivity contribution in [3.8, 4) is 16.9 Å². The minimum Gasteiger partial charge on any atom is -0.503 e. The molecule has 1 aliphatic carbocycles. The van der Waals surface area contributed by atoms with Crippen molar-refractivity contribution in [2.45, 2.75) is 51.4 Å². The summed E-state index contributed by atoms with van der Waals surface area (Å²) in [6.45, 7) is 2.20. The molecule has 0 saturated heterocycles. The van der Waals surface area contributed by atoms with Gasteiger partial charge in [0, 0.05) is 5.56 Å². The van der Waals surface area contributed by atoms with E-state index in [2.05, 4.69) is 6.92 Å². The van der Waals surface area contributed by atoms with Crippen LogP contribution in [0.4, 0.5) is 13.2 Å². The highest BCUT2D eigenvalue weighted by atomic mass is 19.1. The molecular weight excluding hydrogens is 325 g/mol. The molecule has 0 heterocycles. The number of phenols is 1. The number of hydrogen-bond donors (Lipinski definition) is 1. The van der Waals surface area contributed by atoms with Crippen molar-refractivity contribution in [1.29, 1.82) is 0 Å². The quantitative estimate of drug-likeness (QED) is 0.664. The lowest BCUT2D eigenvalue weighted by molar-refractivity contribution is 0.308. The predicted octanol–water partition coefficient (Wildman–Crippen LogP) is 6.55. The third kappa shape index (κ3) is 3.83. The maximum atomic E-state index is 14.5. The fourth-order valence-electron chi connectivity index (χ4n) is 3.93. The van der Waals surface area contributed by atoms with Crippen LogP contribution in [0.1, 0.15) is 56.9 Å². The SMILES string of the molecule is CCC[C@H]1CC[C@H](c2ccc(-c3cc(F)c(O)c(F)c3)c(F)c2)CC1. The van der Waals surface area contributed by atoms with Gasteiger partial charge >= 0.3 is 0 Å².